The van der Waals surface area contributed by atoms with Crippen LogP contribution < -0.4 is 10.6 Å². The highest BCUT2D eigenvalue weighted by Crippen LogP contribution is 2.61. The monoisotopic (exact) mass is 354 g/mol. The summed E-state index contributed by atoms with van der Waals surface area (Å²) in [6, 6.07) is 5.86. The van der Waals surface area contributed by atoms with Crippen LogP contribution in [0.15, 0.2) is 18.2 Å². The number of aryl methyl sites for hydroxylation is 1. The Morgan fingerprint density at radius 2 is 1.62 bits per heavy atom. The van der Waals surface area contributed by atoms with Gasteiger partial charge >= 0.3 is 0 Å². The van der Waals surface area contributed by atoms with Crippen LogP contribution in [0.2, 0.25) is 0 Å². The van der Waals surface area contributed by atoms with E-state index in [2.05, 4.69) is 10.6 Å². The molecule has 0 unspecified atom stereocenters. The summed E-state index contributed by atoms with van der Waals surface area (Å²) in [6.07, 6.45) is 8.44. The number of carbonyl (C=O) groups is 2. The first-order valence-corrected chi connectivity index (χ1v) is 10.1. The lowest BCUT2D eigenvalue weighted by Gasteiger charge is -2.56. The third-order valence-corrected chi connectivity index (χ3v) is 7.03. The van der Waals surface area contributed by atoms with Crippen LogP contribution in [0.25, 0.3) is 0 Å². The zero-order valence-corrected chi connectivity index (χ0v) is 15.9. The minimum Gasteiger partial charge on any atom is -0.347 e. The fourth-order valence-electron chi connectivity index (χ4n) is 6.17. The average Bonchev–Trinajstić information content (AvgIpc) is 2.55. The van der Waals surface area contributed by atoms with Gasteiger partial charge < -0.3 is 10.6 Å². The smallest absolute Gasteiger partial charge is 0.243 e. The van der Waals surface area contributed by atoms with Crippen molar-refractivity contribution in [2.45, 2.75) is 58.8 Å². The molecule has 0 atom stereocenters. The second-order valence-electron chi connectivity index (χ2n) is 9.17. The summed E-state index contributed by atoms with van der Waals surface area (Å²) in [4.78, 5) is 24.7. The first-order chi connectivity index (χ1) is 12.4. The highest BCUT2D eigenvalue weighted by molar-refractivity contribution is 5.95. The predicted octanol–water partition coefficient (Wildman–Crippen LogP) is 3.96. The number of amides is 2. The van der Waals surface area contributed by atoms with Gasteiger partial charge in [-0.2, -0.15) is 0 Å². The van der Waals surface area contributed by atoms with E-state index in [0.29, 0.717) is 6.42 Å². The molecule has 0 aliphatic heterocycles. The third kappa shape index (κ3) is 3.51. The molecule has 1 aromatic rings. The first kappa shape index (κ1) is 17.6. The fourth-order valence-corrected chi connectivity index (χ4v) is 6.17. The Hall–Kier alpha value is -1.84. The maximum absolute atomic E-state index is 12.5. The number of nitrogens with one attached hydrogen (secondary N) is 2. The number of hydrogen-bond donors (Lipinski definition) is 2. The largest absolute Gasteiger partial charge is 0.347 e. The van der Waals surface area contributed by atoms with E-state index in [4.69, 9.17) is 0 Å². The molecule has 0 saturated heterocycles. The summed E-state index contributed by atoms with van der Waals surface area (Å²) in [5.41, 5.74) is 3.27. The molecule has 2 amide bonds. The molecule has 4 aliphatic carbocycles. The summed E-state index contributed by atoms with van der Waals surface area (Å²) >= 11 is 0. The Balaban J connectivity index is 1.29. The van der Waals surface area contributed by atoms with E-state index in [1.165, 1.54) is 38.5 Å². The van der Waals surface area contributed by atoms with Crippen molar-refractivity contribution >= 4 is 17.5 Å². The Labute approximate surface area is 156 Å². The zero-order valence-electron chi connectivity index (χ0n) is 15.9. The van der Waals surface area contributed by atoms with E-state index in [9.17, 15) is 9.59 Å². The van der Waals surface area contributed by atoms with Gasteiger partial charge in [0.1, 0.15) is 0 Å². The van der Waals surface area contributed by atoms with Crippen molar-refractivity contribution in [1.29, 1.82) is 0 Å². The Morgan fingerprint density at radius 1 is 1.00 bits per heavy atom. The summed E-state index contributed by atoms with van der Waals surface area (Å²) < 4.78 is 0. The van der Waals surface area contributed by atoms with Crippen LogP contribution in [-0.4, -0.2) is 18.4 Å². The van der Waals surface area contributed by atoms with Crippen molar-refractivity contribution in [2.75, 3.05) is 11.9 Å². The Bertz CT molecular complexity index is 690. The van der Waals surface area contributed by atoms with Crippen molar-refractivity contribution < 1.29 is 9.59 Å². The number of anilines is 1. The van der Waals surface area contributed by atoms with Crippen LogP contribution in [-0.2, 0) is 9.59 Å². The molecule has 4 bridgehead atoms. The van der Waals surface area contributed by atoms with Crippen LogP contribution in [0.3, 0.4) is 0 Å². The molecular formula is C22H30N2O2. The van der Waals surface area contributed by atoms with Crippen molar-refractivity contribution in [1.82, 2.24) is 5.32 Å². The average molecular weight is 354 g/mol. The highest BCUT2D eigenvalue weighted by Gasteiger charge is 2.51. The van der Waals surface area contributed by atoms with E-state index in [1.807, 2.05) is 32.0 Å². The van der Waals surface area contributed by atoms with Gasteiger partial charge in [0, 0.05) is 12.1 Å². The topological polar surface area (TPSA) is 58.2 Å². The standard InChI is InChI=1S/C22H30N2O2/c1-14-4-3-5-19(15(14)2)24-21(26)13-23-20(25)12-22-9-16-6-17(10-22)8-18(7-16)11-22/h3-5,16-18H,6-13H2,1-2H3,(H,23,25)(H,24,26). The van der Waals surface area contributed by atoms with Gasteiger partial charge in [0.25, 0.3) is 0 Å². The van der Waals surface area contributed by atoms with E-state index in [0.717, 1.165) is 34.6 Å². The van der Waals surface area contributed by atoms with Gasteiger partial charge in [-0.3, -0.25) is 9.59 Å². The summed E-state index contributed by atoms with van der Waals surface area (Å²) in [5, 5.41) is 5.77. The van der Waals surface area contributed by atoms with E-state index in [-0.39, 0.29) is 23.8 Å². The van der Waals surface area contributed by atoms with Crippen molar-refractivity contribution in [2.24, 2.45) is 23.2 Å². The van der Waals surface area contributed by atoms with Gasteiger partial charge in [-0.1, -0.05) is 12.1 Å². The van der Waals surface area contributed by atoms with Crippen molar-refractivity contribution in [3.05, 3.63) is 29.3 Å². The fraction of sp³-hybridized carbons (Fsp3) is 0.636. The van der Waals surface area contributed by atoms with E-state index >= 15 is 0 Å². The molecule has 4 aliphatic rings. The molecule has 26 heavy (non-hydrogen) atoms. The molecule has 4 nitrogen and oxygen atoms in total. The third-order valence-electron chi connectivity index (χ3n) is 7.03. The van der Waals surface area contributed by atoms with Gasteiger partial charge in [0.15, 0.2) is 0 Å². The Kier molecular flexibility index (Phi) is 4.54. The van der Waals surface area contributed by atoms with Crippen LogP contribution in [0.1, 0.15) is 56.1 Å². The molecule has 0 heterocycles. The van der Waals surface area contributed by atoms with E-state index < -0.39 is 0 Å². The molecule has 5 rings (SSSR count). The lowest BCUT2D eigenvalue weighted by Crippen LogP contribution is -2.48. The van der Waals surface area contributed by atoms with Gasteiger partial charge in [-0.25, -0.2) is 0 Å². The van der Waals surface area contributed by atoms with Crippen molar-refractivity contribution in [3.63, 3.8) is 0 Å². The lowest BCUT2D eigenvalue weighted by atomic mass is 9.49. The summed E-state index contributed by atoms with van der Waals surface area (Å²) in [7, 11) is 0. The normalized spacial score (nSPS) is 31.7. The second kappa shape index (κ2) is 6.71. The molecule has 0 aromatic heterocycles. The predicted molar refractivity (Wildman–Crippen MR) is 103 cm³/mol. The number of benzene rings is 1. The number of carbonyl (C=O) groups excluding carboxylic acids is 2. The summed E-state index contributed by atoms with van der Waals surface area (Å²) in [5.74, 6) is 2.44. The van der Waals surface area contributed by atoms with E-state index in [1.54, 1.807) is 0 Å². The number of hydrogen-bond acceptors (Lipinski definition) is 2. The Morgan fingerprint density at radius 3 is 2.23 bits per heavy atom. The first-order valence-electron chi connectivity index (χ1n) is 10.1. The maximum atomic E-state index is 12.5. The zero-order chi connectivity index (χ0) is 18.3. The molecular weight excluding hydrogens is 324 g/mol. The van der Waals surface area contributed by atoms with Crippen LogP contribution >= 0.6 is 0 Å². The van der Waals surface area contributed by atoms with Gasteiger partial charge in [0.05, 0.1) is 6.54 Å². The van der Waals surface area contributed by atoms with Crippen LogP contribution in [0, 0.1) is 37.0 Å². The molecule has 4 fully saturated rings. The minimum absolute atomic E-state index is 0.0445. The number of rotatable bonds is 5. The molecule has 2 N–H and O–H groups in total. The quantitative estimate of drug-likeness (QED) is 0.841. The highest BCUT2D eigenvalue weighted by atomic mass is 16.2. The van der Waals surface area contributed by atoms with Crippen molar-refractivity contribution in [3.8, 4) is 0 Å². The molecule has 4 heteroatoms. The maximum Gasteiger partial charge on any atom is 0.243 e. The second-order valence-corrected chi connectivity index (χ2v) is 9.17. The lowest BCUT2D eigenvalue weighted by molar-refractivity contribution is -0.131. The van der Waals surface area contributed by atoms with Crippen LogP contribution in [0.4, 0.5) is 5.69 Å². The summed E-state index contributed by atoms with van der Waals surface area (Å²) in [6.45, 7) is 4.08. The van der Waals surface area contributed by atoms with Crippen LogP contribution in [0.5, 0.6) is 0 Å². The van der Waals surface area contributed by atoms with Gasteiger partial charge in [-0.05, 0) is 92.7 Å². The molecule has 0 radical (unpaired) electrons. The van der Waals surface area contributed by atoms with Gasteiger partial charge in [0.2, 0.25) is 11.8 Å². The minimum atomic E-state index is -0.155. The molecule has 0 spiro atoms. The molecule has 1 aromatic carbocycles. The SMILES string of the molecule is Cc1cccc(NC(=O)CNC(=O)CC23CC4CC(CC(C4)C2)C3)c1C. The molecule has 4 saturated carbocycles. The molecule has 140 valence electrons. The van der Waals surface area contributed by atoms with Gasteiger partial charge in [-0.15, -0.1) is 0 Å².